The lowest BCUT2D eigenvalue weighted by Gasteiger charge is -2.24. The van der Waals surface area contributed by atoms with Crippen LogP contribution in [-0.2, 0) is 19.3 Å². The Kier molecular flexibility index (Phi) is 3.72. The van der Waals surface area contributed by atoms with Crippen molar-refractivity contribution >= 4 is 23.2 Å². The van der Waals surface area contributed by atoms with Gasteiger partial charge in [0.2, 0.25) is 5.28 Å². The van der Waals surface area contributed by atoms with E-state index in [9.17, 15) is 0 Å². The third-order valence-corrected chi connectivity index (χ3v) is 4.15. The molecule has 0 saturated carbocycles. The molecule has 0 fully saturated rings. The van der Waals surface area contributed by atoms with Crippen LogP contribution in [0.1, 0.15) is 23.2 Å². The van der Waals surface area contributed by atoms with Crippen molar-refractivity contribution in [2.45, 2.75) is 25.7 Å². The number of hydrogen-bond donors (Lipinski definition) is 0. The average molecular weight is 293 g/mol. The van der Waals surface area contributed by atoms with Gasteiger partial charge < -0.3 is 0 Å². The molecule has 1 heterocycles. The van der Waals surface area contributed by atoms with E-state index in [0.717, 1.165) is 36.9 Å². The molecule has 0 spiro atoms. The van der Waals surface area contributed by atoms with Crippen LogP contribution in [0.15, 0.2) is 30.3 Å². The van der Waals surface area contributed by atoms with Crippen LogP contribution in [0.4, 0.5) is 0 Å². The molecule has 0 bridgehead atoms. The molecule has 2 nitrogen and oxygen atoms in total. The second-order valence-corrected chi connectivity index (χ2v) is 5.70. The minimum Gasteiger partial charge on any atom is -0.223 e. The van der Waals surface area contributed by atoms with Crippen molar-refractivity contribution in [2.75, 3.05) is 0 Å². The molecule has 1 unspecified atom stereocenters. The summed E-state index contributed by atoms with van der Waals surface area (Å²) in [5.74, 6) is 0.608. The first kappa shape index (κ1) is 12.9. The number of hydrogen-bond acceptors (Lipinski definition) is 2. The molecule has 0 amide bonds. The van der Waals surface area contributed by atoms with E-state index in [1.165, 1.54) is 5.56 Å². The summed E-state index contributed by atoms with van der Waals surface area (Å²) in [5.41, 5.74) is 3.48. The van der Waals surface area contributed by atoms with Crippen LogP contribution in [-0.4, -0.2) is 9.97 Å². The highest BCUT2D eigenvalue weighted by atomic mass is 35.5. The highest BCUT2D eigenvalue weighted by molar-refractivity contribution is 6.32. The van der Waals surface area contributed by atoms with Gasteiger partial charge in [-0.25, -0.2) is 9.97 Å². The number of aromatic nitrogens is 2. The van der Waals surface area contributed by atoms with Crippen molar-refractivity contribution in [1.29, 1.82) is 0 Å². The molecule has 0 radical (unpaired) electrons. The fourth-order valence-corrected chi connectivity index (χ4v) is 3.23. The van der Waals surface area contributed by atoms with Crippen molar-refractivity contribution in [1.82, 2.24) is 9.97 Å². The van der Waals surface area contributed by atoms with Gasteiger partial charge in [0.25, 0.3) is 0 Å². The Labute approximate surface area is 122 Å². The van der Waals surface area contributed by atoms with E-state index in [0.29, 0.717) is 11.1 Å². The molecular weight excluding hydrogens is 279 g/mol. The van der Waals surface area contributed by atoms with Crippen molar-refractivity contribution in [3.05, 3.63) is 57.6 Å². The van der Waals surface area contributed by atoms with Gasteiger partial charge in [-0.2, -0.15) is 0 Å². The Hall–Kier alpha value is -1.12. The number of rotatable bonds is 2. The second kappa shape index (κ2) is 5.48. The summed E-state index contributed by atoms with van der Waals surface area (Å²) in [6.07, 6.45) is 4.10. The summed E-state index contributed by atoms with van der Waals surface area (Å²) in [4.78, 5) is 8.33. The predicted octanol–water partition coefficient (Wildman–Crippen LogP) is 4.13. The number of nitrogens with zero attached hydrogens (tertiary/aromatic N) is 2. The van der Waals surface area contributed by atoms with Crippen molar-refractivity contribution < 1.29 is 0 Å². The maximum atomic E-state index is 6.18. The van der Waals surface area contributed by atoms with Gasteiger partial charge >= 0.3 is 0 Å². The number of fused-ring (bicyclic) bond motifs is 1. The quantitative estimate of drug-likeness (QED) is 0.614. The van der Waals surface area contributed by atoms with Crippen LogP contribution in [0.5, 0.6) is 0 Å². The Bertz CT molecular complexity index is 584. The van der Waals surface area contributed by atoms with Crippen molar-refractivity contribution in [2.24, 2.45) is 5.92 Å². The molecule has 4 heteroatoms. The van der Waals surface area contributed by atoms with E-state index in [-0.39, 0.29) is 5.28 Å². The van der Waals surface area contributed by atoms with Crippen LogP contribution in [0.2, 0.25) is 10.4 Å². The van der Waals surface area contributed by atoms with E-state index in [2.05, 4.69) is 34.2 Å². The van der Waals surface area contributed by atoms with Crippen LogP contribution in [0.3, 0.4) is 0 Å². The summed E-state index contributed by atoms with van der Waals surface area (Å²) in [6, 6.07) is 10.6. The zero-order valence-electron chi connectivity index (χ0n) is 10.4. The zero-order valence-corrected chi connectivity index (χ0v) is 12.0. The summed E-state index contributed by atoms with van der Waals surface area (Å²) < 4.78 is 0. The van der Waals surface area contributed by atoms with Gasteiger partial charge in [-0.1, -0.05) is 41.9 Å². The third kappa shape index (κ3) is 2.90. The fraction of sp³-hybridized carbons (Fsp3) is 0.333. The van der Waals surface area contributed by atoms with Gasteiger partial charge in [-0.15, -0.1) is 0 Å². The van der Waals surface area contributed by atoms with Crippen molar-refractivity contribution in [3.63, 3.8) is 0 Å². The van der Waals surface area contributed by atoms with E-state index in [4.69, 9.17) is 23.2 Å². The lowest BCUT2D eigenvalue weighted by atomic mass is 9.83. The van der Waals surface area contributed by atoms with Gasteiger partial charge in [0, 0.05) is 5.56 Å². The Balaban J connectivity index is 1.79. The average Bonchev–Trinajstić information content (AvgIpc) is 2.40. The molecule has 1 atom stereocenters. The number of halogens is 2. The maximum absolute atomic E-state index is 6.18. The monoisotopic (exact) mass is 292 g/mol. The molecule has 0 saturated heterocycles. The highest BCUT2D eigenvalue weighted by Gasteiger charge is 2.23. The molecular formula is C15H14Cl2N2. The van der Waals surface area contributed by atoms with E-state index in [1.54, 1.807) is 0 Å². The van der Waals surface area contributed by atoms with Crippen LogP contribution < -0.4 is 0 Å². The Morgan fingerprint density at radius 2 is 1.89 bits per heavy atom. The minimum absolute atomic E-state index is 0.255. The second-order valence-electron chi connectivity index (χ2n) is 5.01. The Morgan fingerprint density at radius 3 is 2.68 bits per heavy atom. The molecule has 1 aromatic carbocycles. The van der Waals surface area contributed by atoms with E-state index in [1.807, 2.05) is 6.07 Å². The first-order chi connectivity index (χ1) is 9.22. The zero-order chi connectivity index (χ0) is 13.2. The first-order valence-corrected chi connectivity index (χ1v) is 7.22. The number of aryl methyl sites for hydroxylation is 1. The van der Waals surface area contributed by atoms with Crippen LogP contribution in [0.25, 0.3) is 0 Å². The smallest absolute Gasteiger partial charge is 0.223 e. The lowest BCUT2D eigenvalue weighted by Crippen LogP contribution is -2.18. The van der Waals surface area contributed by atoms with Crippen LogP contribution >= 0.6 is 23.2 Å². The fourth-order valence-electron chi connectivity index (χ4n) is 2.73. The van der Waals surface area contributed by atoms with Gasteiger partial charge in [-0.3, -0.25) is 0 Å². The SMILES string of the molecule is Clc1nc(Cl)c2c(n1)CCC(Cc1ccccc1)C2. The van der Waals surface area contributed by atoms with Crippen molar-refractivity contribution in [3.8, 4) is 0 Å². The van der Waals surface area contributed by atoms with Gasteiger partial charge in [0.1, 0.15) is 5.15 Å². The first-order valence-electron chi connectivity index (χ1n) is 6.47. The van der Waals surface area contributed by atoms with Gasteiger partial charge in [0.15, 0.2) is 0 Å². The Morgan fingerprint density at radius 1 is 1.11 bits per heavy atom. The summed E-state index contributed by atoms with van der Waals surface area (Å²) in [5, 5.41) is 0.776. The molecule has 0 N–H and O–H groups in total. The topological polar surface area (TPSA) is 25.8 Å². The lowest BCUT2D eigenvalue weighted by molar-refractivity contribution is 0.449. The molecule has 19 heavy (non-hydrogen) atoms. The molecule has 2 aromatic rings. The standard InChI is InChI=1S/C15H14Cl2N2/c16-14-12-9-11(8-10-4-2-1-3-5-10)6-7-13(12)18-15(17)19-14/h1-5,11H,6-9H2. The summed E-state index contributed by atoms with van der Waals surface area (Å²) >= 11 is 12.0. The van der Waals surface area contributed by atoms with E-state index < -0.39 is 0 Å². The largest absolute Gasteiger partial charge is 0.224 e. The van der Waals surface area contributed by atoms with Gasteiger partial charge in [0.05, 0.1) is 5.69 Å². The highest BCUT2D eigenvalue weighted by Crippen LogP contribution is 2.31. The minimum atomic E-state index is 0.255. The third-order valence-electron chi connectivity index (χ3n) is 3.66. The molecule has 98 valence electrons. The summed E-state index contributed by atoms with van der Waals surface area (Å²) in [7, 11) is 0. The molecule has 1 aliphatic rings. The van der Waals surface area contributed by atoms with Gasteiger partial charge in [-0.05, 0) is 48.8 Å². The van der Waals surface area contributed by atoms with Crippen LogP contribution in [0, 0.1) is 5.92 Å². The maximum Gasteiger partial charge on any atom is 0.224 e. The normalized spacial score (nSPS) is 18.1. The molecule has 1 aliphatic carbocycles. The molecule has 1 aromatic heterocycles. The number of benzene rings is 1. The molecule has 3 rings (SSSR count). The molecule has 0 aliphatic heterocycles. The summed E-state index contributed by atoms with van der Waals surface area (Å²) in [6.45, 7) is 0. The van der Waals surface area contributed by atoms with E-state index >= 15 is 0 Å². The predicted molar refractivity (Wildman–Crippen MR) is 77.7 cm³/mol.